The highest BCUT2D eigenvalue weighted by Gasteiger charge is 2.39. The monoisotopic (exact) mass is 512 g/mol. The van der Waals surface area contributed by atoms with Gasteiger partial charge >= 0.3 is 5.97 Å². The molecule has 0 unspecified atom stereocenters. The lowest BCUT2D eigenvalue weighted by molar-refractivity contribution is -0.140. The second kappa shape index (κ2) is 12.3. The smallest absolute Gasteiger partial charge is 0.305 e. The molecule has 1 aliphatic rings. The lowest BCUT2D eigenvalue weighted by atomic mass is 9.69. The molecule has 5 heteroatoms. The summed E-state index contributed by atoms with van der Waals surface area (Å²) in [5, 5.41) is 3.28. The number of rotatable bonds is 9. The fourth-order valence-corrected chi connectivity index (χ4v) is 5.43. The highest BCUT2D eigenvalue weighted by atomic mass is 16.5. The van der Waals surface area contributed by atoms with Gasteiger partial charge in [-0.15, -0.1) is 0 Å². The van der Waals surface area contributed by atoms with Crippen LogP contribution in [0.5, 0.6) is 0 Å². The molecule has 1 amide bonds. The number of anilines is 2. The highest BCUT2D eigenvalue weighted by molar-refractivity contribution is 5.96. The molecular formula is C33H40N2O3. The minimum absolute atomic E-state index is 0.105. The molecule has 1 saturated carbocycles. The quantitative estimate of drug-likeness (QED) is 0.315. The molecule has 0 saturated heterocycles. The number of ether oxygens (including phenoxy) is 1. The van der Waals surface area contributed by atoms with Crippen molar-refractivity contribution < 1.29 is 14.3 Å². The number of hydrogen-bond donors (Lipinski definition) is 1. The van der Waals surface area contributed by atoms with Crippen LogP contribution in [0.3, 0.4) is 0 Å². The van der Waals surface area contributed by atoms with E-state index in [1.807, 2.05) is 39.2 Å². The van der Waals surface area contributed by atoms with E-state index in [4.69, 9.17) is 4.74 Å². The lowest BCUT2D eigenvalue weighted by Gasteiger charge is -2.36. The van der Waals surface area contributed by atoms with Crippen molar-refractivity contribution in [3.8, 4) is 11.1 Å². The van der Waals surface area contributed by atoms with Crippen molar-refractivity contribution in [3.63, 3.8) is 0 Å². The first-order valence-electron chi connectivity index (χ1n) is 13.6. The summed E-state index contributed by atoms with van der Waals surface area (Å²) in [6, 6.07) is 23.3. The van der Waals surface area contributed by atoms with Crippen LogP contribution in [0, 0.1) is 12.3 Å². The van der Waals surface area contributed by atoms with Crippen LogP contribution in [0.2, 0.25) is 0 Å². The Kier molecular flexibility index (Phi) is 8.88. The highest BCUT2D eigenvalue weighted by Crippen LogP contribution is 2.41. The average Bonchev–Trinajstić information content (AvgIpc) is 2.94. The minimum Gasteiger partial charge on any atom is -0.469 e. The van der Waals surface area contributed by atoms with E-state index in [0.29, 0.717) is 12.8 Å². The van der Waals surface area contributed by atoms with Crippen LogP contribution in [0.15, 0.2) is 66.7 Å². The second-order valence-corrected chi connectivity index (χ2v) is 10.8. The third kappa shape index (κ3) is 6.63. The molecule has 0 aromatic heterocycles. The van der Waals surface area contributed by atoms with Gasteiger partial charge in [0.25, 0.3) is 0 Å². The van der Waals surface area contributed by atoms with Crippen molar-refractivity contribution in [3.05, 3.63) is 83.4 Å². The number of amides is 1. The molecular weight excluding hydrogens is 472 g/mol. The first-order chi connectivity index (χ1) is 18.3. The topological polar surface area (TPSA) is 58.6 Å². The van der Waals surface area contributed by atoms with E-state index in [-0.39, 0.29) is 11.9 Å². The van der Waals surface area contributed by atoms with Gasteiger partial charge in [0.05, 0.1) is 12.5 Å². The molecule has 1 N–H and O–H groups in total. The average molecular weight is 513 g/mol. The molecule has 4 rings (SSSR count). The van der Waals surface area contributed by atoms with Gasteiger partial charge in [0.1, 0.15) is 0 Å². The Morgan fingerprint density at radius 1 is 0.868 bits per heavy atom. The Morgan fingerprint density at radius 3 is 2.08 bits per heavy atom. The summed E-state index contributed by atoms with van der Waals surface area (Å²) in [6.45, 7) is 2.01. The maximum absolute atomic E-state index is 13.9. The standard InChI is InChI=1S/C33H40N2O3/c1-24-8-9-25(12-19-31(36)38-4)22-30(24)34-32(37)33(20-6-5-7-21-33)23-26-10-13-27(14-11-26)28-15-17-29(18-16-28)35(2)3/h8-11,13-18,22H,5-7,12,19-21,23H2,1-4H3,(H,34,37). The zero-order valence-corrected chi connectivity index (χ0v) is 23.2. The van der Waals surface area contributed by atoms with Gasteiger partial charge in [-0.25, -0.2) is 0 Å². The van der Waals surface area contributed by atoms with Crippen molar-refractivity contribution >= 4 is 23.3 Å². The molecule has 3 aromatic carbocycles. The summed E-state index contributed by atoms with van der Waals surface area (Å²) >= 11 is 0. The first-order valence-corrected chi connectivity index (χ1v) is 13.6. The number of nitrogens with zero attached hydrogens (tertiary/aromatic N) is 1. The molecule has 0 radical (unpaired) electrons. The van der Waals surface area contributed by atoms with Gasteiger partial charge in [0.2, 0.25) is 5.91 Å². The van der Waals surface area contributed by atoms with E-state index in [9.17, 15) is 9.59 Å². The minimum atomic E-state index is -0.415. The Hall–Kier alpha value is -3.60. The van der Waals surface area contributed by atoms with Gasteiger partial charge in [-0.1, -0.05) is 67.8 Å². The third-order valence-corrected chi connectivity index (χ3v) is 7.90. The normalized spacial score (nSPS) is 14.5. The Balaban J connectivity index is 1.50. The third-order valence-electron chi connectivity index (χ3n) is 7.90. The number of carbonyl (C=O) groups excluding carboxylic acids is 2. The van der Waals surface area contributed by atoms with Gasteiger partial charge in [-0.3, -0.25) is 9.59 Å². The van der Waals surface area contributed by atoms with Crippen molar-refractivity contribution in [2.75, 3.05) is 31.4 Å². The Labute approximate surface area is 227 Å². The Morgan fingerprint density at radius 2 is 1.47 bits per heavy atom. The van der Waals surface area contributed by atoms with Crippen LogP contribution >= 0.6 is 0 Å². The van der Waals surface area contributed by atoms with Crippen LogP contribution in [0.25, 0.3) is 11.1 Å². The summed E-state index contributed by atoms with van der Waals surface area (Å²) in [5.74, 6) is -0.123. The van der Waals surface area contributed by atoms with Gasteiger partial charge in [-0.2, -0.15) is 0 Å². The second-order valence-electron chi connectivity index (χ2n) is 10.8. The molecule has 5 nitrogen and oxygen atoms in total. The maximum atomic E-state index is 13.9. The van der Waals surface area contributed by atoms with Crippen LogP contribution in [-0.2, 0) is 27.2 Å². The van der Waals surface area contributed by atoms with E-state index in [1.165, 1.54) is 35.9 Å². The summed E-state index contributed by atoms with van der Waals surface area (Å²) in [4.78, 5) is 27.5. The molecule has 1 fully saturated rings. The largest absolute Gasteiger partial charge is 0.469 e. The molecule has 1 aliphatic carbocycles. The van der Waals surface area contributed by atoms with Crippen molar-refractivity contribution in [2.24, 2.45) is 5.41 Å². The van der Waals surface area contributed by atoms with Crippen LogP contribution in [0.4, 0.5) is 11.4 Å². The number of carbonyl (C=O) groups is 2. The molecule has 0 aliphatic heterocycles. The van der Waals surface area contributed by atoms with Gasteiger partial charge in [-0.05, 0) is 78.6 Å². The lowest BCUT2D eigenvalue weighted by Crippen LogP contribution is -2.40. The molecule has 38 heavy (non-hydrogen) atoms. The summed E-state index contributed by atoms with van der Waals surface area (Å²) in [5.41, 5.74) is 7.20. The van der Waals surface area contributed by atoms with E-state index < -0.39 is 5.41 Å². The van der Waals surface area contributed by atoms with E-state index >= 15 is 0 Å². The zero-order valence-electron chi connectivity index (χ0n) is 23.2. The molecule has 0 bridgehead atoms. The van der Waals surface area contributed by atoms with Crippen LogP contribution in [0.1, 0.15) is 55.2 Å². The summed E-state index contributed by atoms with van der Waals surface area (Å²) in [6.07, 6.45) is 6.77. The van der Waals surface area contributed by atoms with Gasteiger partial charge in [0, 0.05) is 31.9 Å². The zero-order chi connectivity index (χ0) is 27.1. The maximum Gasteiger partial charge on any atom is 0.305 e. The number of nitrogens with one attached hydrogen (secondary N) is 1. The van der Waals surface area contributed by atoms with Crippen LogP contribution in [-0.4, -0.2) is 33.1 Å². The number of aryl methyl sites for hydroxylation is 2. The fraction of sp³-hybridized carbons (Fsp3) is 0.394. The molecule has 0 spiro atoms. The molecule has 0 heterocycles. The number of benzene rings is 3. The SMILES string of the molecule is COC(=O)CCc1ccc(C)c(NC(=O)C2(Cc3ccc(-c4ccc(N(C)C)cc4)cc3)CCCCC2)c1. The van der Waals surface area contributed by atoms with Crippen molar-refractivity contribution in [1.29, 1.82) is 0 Å². The predicted molar refractivity (Wildman–Crippen MR) is 156 cm³/mol. The molecule has 3 aromatic rings. The predicted octanol–water partition coefficient (Wildman–Crippen LogP) is 6.97. The summed E-state index contributed by atoms with van der Waals surface area (Å²) < 4.78 is 4.77. The van der Waals surface area contributed by atoms with E-state index in [2.05, 4.69) is 58.7 Å². The van der Waals surface area contributed by atoms with Crippen molar-refractivity contribution in [1.82, 2.24) is 0 Å². The van der Waals surface area contributed by atoms with E-state index in [0.717, 1.165) is 48.9 Å². The fourth-order valence-electron chi connectivity index (χ4n) is 5.43. The van der Waals surface area contributed by atoms with E-state index in [1.54, 1.807) is 0 Å². The van der Waals surface area contributed by atoms with Crippen molar-refractivity contribution in [2.45, 2.75) is 58.3 Å². The number of hydrogen-bond acceptors (Lipinski definition) is 4. The molecule has 200 valence electrons. The number of esters is 1. The summed E-state index contributed by atoms with van der Waals surface area (Å²) in [7, 11) is 5.50. The first kappa shape index (κ1) is 27.4. The van der Waals surface area contributed by atoms with Gasteiger partial charge < -0.3 is 15.0 Å². The van der Waals surface area contributed by atoms with Gasteiger partial charge in [0.15, 0.2) is 0 Å². The molecule has 0 atom stereocenters. The Bertz CT molecular complexity index is 1240. The number of methoxy groups -OCH3 is 1. The van der Waals surface area contributed by atoms with Crippen LogP contribution < -0.4 is 10.2 Å².